The molecule has 11 heteroatoms. The number of hydrogen-bond acceptors (Lipinski definition) is 9. The molecule has 3 aliphatic rings. The van der Waals surface area contributed by atoms with Crippen LogP contribution in [0.15, 0.2) is 77.1 Å². The first-order valence-corrected chi connectivity index (χ1v) is 15.9. The molecule has 0 radical (unpaired) electrons. The highest BCUT2D eigenvalue weighted by Gasteiger charge is 2.17. The third-order valence-corrected chi connectivity index (χ3v) is 8.10. The number of phenols is 1. The number of para-hydroxylation sites is 1. The van der Waals surface area contributed by atoms with Gasteiger partial charge in [0, 0.05) is 69.8 Å². The number of fused-ring (bicyclic) bond motifs is 1. The van der Waals surface area contributed by atoms with Crippen molar-refractivity contribution in [2.45, 2.75) is 26.2 Å². The van der Waals surface area contributed by atoms with Crippen molar-refractivity contribution in [3.63, 3.8) is 0 Å². The van der Waals surface area contributed by atoms with Crippen molar-refractivity contribution in [2.75, 3.05) is 52.4 Å². The van der Waals surface area contributed by atoms with Gasteiger partial charge in [-0.3, -0.25) is 4.57 Å². The van der Waals surface area contributed by atoms with Gasteiger partial charge in [-0.15, -0.1) is 10.2 Å². The lowest BCUT2D eigenvalue weighted by atomic mass is 10.0. The third-order valence-electron chi connectivity index (χ3n) is 8.10. The number of benzene rings is 3. The second-order valence-corrected chi connectivity index (χ2v) is 11.4. The zero-order valence-electron chi connectivity index (χ0n) is 26.2. The summed E-state index contributed by atoms with van der Waals surface area (Å²) in [5.74, 6) is -1.19. The molecule has 0 saturated carbocycles. The van der Waals surface area contributed by atoms with Gasteiger partial charge in [0.05, 0.1) is 5.56 Å². The molecule has 7 N–H and O–H groups in total. The molecule has 242 valence electrons. The van der Waals surface area contributed by atoms with E-state index in [-0.39, 0.29) is 22.9 Å². The molecule has 4 aromatic rings. The molecule has 2 fully saturated rings. The van der Waals surface area contributed by atoms with E-state index in [1.54, 1.807) is 34.9 Å². The number of aromatic carboxylic acids is 1. The maximum Gasteiger partial charge on any atom is 0.335 e. The van der Waals surface area contributed by atoms with E-state index in [1.165, 1.54) is 23.3 Å². The Morgan fingerprint density at radius 1 is 0.761 bits per heavy atom. The van der Waals surface area contributed by atoms with Gasteiger partial charge in [-0.25, -0.2) is 4.79 Å². The van der Waals surface area contributed by atoms with Crippen LogP contribution in [-0.2, 0) is 12.8 Å². The van der Waals surface area contributed by atoms with E-state index in [0.717, 1.165) is 82.9 Å². The number of aromatic nitrogens is 1. The number of piperazine rings is 2. The largest absolute Gasteiger partial charge is 0.505 e. The fourth-order valence-electron chi connectivity index (χ4n) is 5.61. The molecular weight excluding hydrogens is 582 g/mol. The number of nitrogens with zero attached hydrogens (tertiary/aromatic N) is 3. The van der Waals surface area contributed by atoms with E-state index in [0.29, 0.717) is 16.8 Å². The molecule has 46 heavy (non-hydrogen) atoms. The highest BCUT2D eigenvalue weighted by molar-refractivity contribution is 5.90. The molecule has 0 amide bonds. The third kappa shape index (κ3) is 8.38. The number of hydrogen-bond donors (Lipinski definition) is 7. The second-order valence-electron chi connectivity index (χ2n) is 11.4. The van der Waals surface area contributed by atoms with Crippen molar-refractivity contribution in [3.8, 4) is 28.4 Å². The van der Waals surface area contributed by atoms with E-state index in [9.17, 15) is 20.1 Å². The molecule has 1 aromatic heterocycles. The summed E-state index contributed by atoms with van der Waals surface area (Å²) < 4.78 is 1.69. The molecule has 0 unspecified atom stereocenters. The van der Waals surface area contributed by atoms with Gasteiger partial charge in [-0.2, -0.15) is 0 Å². The number of aryl methyl sites for hydroxylation is 3. The lowest BCUT2D eigenvalue weighted by Gasteiger charge is -2.11. The van der Waals surface area contributed by atoms with Gasteiger partial charge in [0.2, 0.25) is 5.88 Å². The lowest BCUT2D eigenvalue weighted by molar-refractivity contribution is 0.0697. The molecular formula is C35H43N7O4. The highest BCUT2D eigenvalue weighted by atomic mass is 16.4. The molecule has 0 bridgehead atoms. The van der Waals surface area contributed by atoms with E-state index in [2.05, 4.69) is 43.6 Å². The molecule has 3 aromatic carbocycles. The van der Waals surface area contributed by atoms with Gasteiger partial charge in [0.1, 0.15) is 5.69 Å². The van der Waals surface area contributed by atoms with Crippen LogP contribution in [0.25, 0.3) is 16.8 Å². The topological polar surface area (TPSA) is 156 Å². The smallest absolute Gasteiger partial charge is 0.335 e. The summed E-state index contributed by atoms with van der Waals surface area (Å²) in [5.41, 5.74) is 5.92. The maximum absolute atomic E-state index is 11.3. The Morgan fingerprint density at radius 3 is 2.02 bits per heavy atom. The van der Waals surface area contributed by atoms with Crippen LogP contribution < -0.4 is 21.3 Å². The van der Waals surface area contributed by atoms with Gasteiger partial charge in [0.15, 0.2) is 11.4 Å². The van der Waals surface area contributed by atoms with Crippen LogP contribution in [0.4, 0.5) is 11.4 Å². The van der Waals surface area contributed by atoms with Crippen molar-refractivity contribution in [1.82, 2.24) is 25.8 Å². The van der Waals surface area contributed by atoms with E-state index in [1.807, 2.05) is 19.2 Å². The highest BCUT2D eigenvalue weighted by Crippen LogP contribution is 2.41. The van der Waals surface area contributed by atoms with Gasteiger partial charge in [-0.1, -0.05) is 30.3 Å². The number of carboxylic acid groups (broad SMARTS) is 1. The van der Waals surface area contributed by atoms with E-state index < -0.39 is 5.97 Å². The van der Waals surface area contributed by atoms with Crippen molar-refractivity contribution in [2.24, 2.45) is 10.2 Å². The summed E-state index contributed by atoms with van der Waals surface area (Å²) in [7, 11) is 0. The minimum Gasteiger partial charge on any atom is -0.505 e. The van der Waals surface area contributed by atoms with Gasteiger partial charge in [-0.05, 0) is 78.8 Å². The number of rotatable bonds is 5. The summed E-state index contributed by atoms with van der Waals surface area (Å²) in [6, 6.07) is 17.5. The molecule has 1 aliphatic carbocycles. The average molecular weight is 626 g/mol. The van der Waals surface area contributed by atoms with Crippen molar-refractivity contribution in [1.29, 1.82) is 0 Å². The Balaban J connectivity index is 0.000000289. The zero-order valence-corrected chi connectivity index (χ0v) is 26.2. The van der Waals surface area contributed by atoms with Crippen LogP contribution in [-0.4, -0.2) is 78.2 Å². The van der Waals surface area contributed by atoms with E-state index >= 15 is 0 Å². The number of carbonyl (C=O) groups is 1. The van der Waals surface area contributed by atoms with Crippen LogP contribution in [0.5, 0.6) is 11.6 Å². The second kappa shape index (κ2) is 16.1. The Hall–Kier alpha value is -4.55. The fourth-order valence-corrected chi connectivity index (χ4v) is 5.61. The quantitative estimate of drug-likeness (QED) is 0.156. The molecule has 7 rings (SSSR count). The lowest BCUT2D eigenvalue weighted by Crippen LogP contribution is -2.39. The Bertz CT molecular complexity index is 1620. The summed E-state index contributed by atoms with van der Waals surface area (Å²) in [5, 5.41) is 52.2. The minimum absolute atomic E-state index is 0.0241. The molecule has 11 nitrogen and oxygen atoms in total. The SMILES string of the molecule is C1CNCCN1.C1CNCCN1.Cc1cn(-c2ccc3c(c2)CCC3)c(O)c1N=Nc1cccc(-c2cccc(C(=O)O)c2)c1O. The summed E-state index contributed by atoms with van der Waals surface area (Å²) in [6.07, 6.45) is 5.10. The van der Waals surface area contributed by atoms with Crippen molar-refractivity contribution < 1.29 is 20.1 Å². The molecule has 3 heterocycles. The number of nitrogens with one attached hydrogen (secondary N) is 4. The predicted molar refractivity (Wildman–Crippen MR) is 180 cm³/mol. The van der Waals surface area contributed by atoms with Crippen LogP contribution >= 0.6 is 0 Å². The summed E-state index contributed by atoms with van der Waals surface area (Å²) in [6.45, 7) is 11.0. The van der Waals surface area contributed by atoms with Crippen LogP contribution in [0.3, 0.4) is 0 Å². The van der Waals surface area contributed by atoms with Crippen molar-refractivity contribution in [3.05, 3.63) is 89.1 Å². The average Bonchev–Trinajstić information content (AvgIpc) is 3.69. The number of azo groups is 1. The standard InChI is InChI=1S/C27H23N3O4.2C4H10N2/c1-16-15-30(21-12-11-17-5-2-6-18(17)14-21)26(32)24(16)29-28-23-10-4-9-22(25(23)31)19-7-3-8-20(13-19)27(33)34;2*1-2-6-4-3-5-1/h3-4,7-15,31-32H,2,5-6H2,1H3,(H,33,34);2*5-6H,1-4H2. The van der Waals surface area contributed by atoms with Crippen LogP contribution in [0.2, 0.25) is 0 Å². The molecule has 2 saturated heterocycles. The van der Waals surface area contributed by atoms with Crippen LogP contribution in [0.1, 0.15) is 33.5 Å². The monoisotopic (exact) mass is 625 g/mol. The van der Waals surface area contributed by atoms with Crippen molar-refractivity contribution >= 4 is 17.3 Å². The normalized spacial score (nSPS) is 15.8. The Labute approximate surface area is 269 Å². The summed E-state index contributed by atoms with van der Waals surface area (Å²) >= 11 is 0. The molecule has 0 spiro atoms. The zero-order chi connectivity index (χ0) is 32.3. The number of carboxylic acids is 1. The van der Waals surface area contributed by atoms with Gasteiger partial charge in [0.25, 0.3) is 0 Å². The predicted octanol–water partition coefficient (Wildman–Crippen LogP) is 4.82. The molecule has 2 aliphatic heterocycles. The Morgan fingerprint density at radius 2 is 1.39 bits per heavy atom. The maximum atomic E-state index is 11.3. The Kier molecular flexibility index (Phi) is 11.5. The van der Waals surface area contributed by atoms with Crippen LogP contribution in [0, 0.1) is 6.92 Å². The molecule has 0 atom stereocenters. The first kappa shape index (κ1) is 32.8. The number of aromatic hydroxyl groups is 2. The fraction of sp³-hybridized carbons (Fsp3) is 0.343. The summed E-state index contributed by atoms with van der Waals surface area (Å²) in [4.78, 5) is 11.3. The van der Waals surface area contributed by atoms with Gasteiger partial charge < -0.3 is 36.6 Å². The van der Waals surface area contributed by atoms with E-state index in [4.69, 9.17) is 0 Å². The first-order chi connectivity index (χ1) is 22.4. The van der Waals surface area contributed by atoms with Gasteiger partial charge >= 0.3 is 5.97 Å². The minimum atomic E-state index is -1.05. The first-order valence-electron chi connectivity index (χ1n) is 15.9. The number of phenolic OH excluding ortho intramolecular Hbond substituents is 1.